The molecule has 4 nitrogen and oxygen atoms in total. The summed E-state index contributed by atoms with van der Waals surface area (Å²) in [5, 5.41) is 0. The number of rotatable bonds is 17. The van der Waals surface area contributed by atoms with Crippen molar-refractivity contribution in [2.24, 2.45) is 11.8 Å². The predicted molar refractivity (Wildman–Crippen MR) is 140 cm³/mol. The topological polar surface area (TPSA) is 52.6 Å². The highest BCUT2D eigenvalue weighted by Gasteiger charge is 2.27. The summed E-state index contributed by atoms with van der Waals surface area (Å²) < 4.78 is 12.0. The Labute approximate surface area is 210 Å². The molecule has 2 rings (SSSR count). The average Bonchev–Trinajstić information content (AvgIpc) is 2.87. The van der Waals surface area contributed by atoms with Gasteiger partial charge in [0.05, 0.1) is 0 Å². The van der Waals surface area contributed by atoms with E-state index in [-0.39, 0.29) is 24.1 Å². The van der Waals surface area contributed by atoms with Crippen LogP contribution in [0.15, 0.2) is 0 Å². The summed E-state index contributed by atoms with van der Waals surface area (Å²) in [6, 6.07) is 0. The number of carbonyl (C=O) groups is 2. The molecule has 34 heavy (non-hydrogen) atoms. The Morgan fingerprint density at radius 2 is 0.971 bits per heavy atom. The van der Waals surface area contributed by atoms with Gasteiger partial charge in [-0.25, -0.2) is 0 Å². The Morgan fingerprint density at radius 1 is 0.588 bits per heavy atom. The first-order valence-corrected chi connectivity index (χ1v) is 15.0. The molecule has 0 spiro atoms. The molecule has 2 aliphatic carbocycles. The molecule has 4 heteroatoms. The van der Waals surface area contributed by atoms with E-state index in [9.17, 15) is 9.59 Å². The molecule has 0 saturated heterocycles. The van der Waals surface area contributed by atoms with Gasteiger partial charge in [-0.05, 0) is 76.0 Å². The molecule has 0 aromatic carbocycles. The van der Waals surface area contributed by atoms with Crippen LogP contribution in [-0.4, -0.2) is 24.1 Å². The summed E-state index contributed by atoms with van der Waals surface area (Å²) in [5.41, 5.74) is 0. The second-order valence-corrected chi connectivity index (χ2v) is 11.1. The molecule has 0 bridgehead atoms. The molecule has 0 amide bonds. The number of unbranched alkanes of at least 4 members (excludes halogenated alkanes) is 5. The Kier molecular flexibility index (Phi) is 15.7. The van der Waals surface area contributed by atoms with Crippen LogP contribution in [0.25, 0.3) is 0 Å². The van der Waals surface area contributed by atoms with E-state index in [1.54, 1.807) is 0 Å². The van der Waals surface area contributed by atoms with Gasteiger partial charge in [0.15, 0.2) is 0 Å². The van der Waals surface area contributed by atoms with Crippen molar-refractivity contribution in [3.05, 3.63) is 0 Å². The van der Waals surface area contributed by atoms with Crippen LogP contribution in [0.2, 0.25) is 0 Å². The van der Waals surface area contributed by atoms with E-state index in [1.807, 2.05) is 0 Å². The lowest BCUT2D eigenvalue weighted by Crippen LogP contribution is -2.29. The summed E-state index contributed by atoms with van der Waals surface area (Å²) in [6.45, 7) is 4.43. The van der Waals surface area contributed by atoms with Crippen LogP contribution in [-0.2, 0) is 19.1 Å². The summed E-state index contributed by atoms with van der Waals surface area (Å²) in [7, 11) is 0. The minimum atomic E-state index is -0.0694. The third-order valence-corrected chi connectivity index (χ3v) is 8.11. The molecule has 198 valence electrons. The van der Waals surface area contributed by atoms with Crippen molar-refractivity contribution in [3.63, 3.8) is 0 Å². The van der Waals surface area contributed by atoms with Gasteiger partial charge in [-0.1, -0.05) is 78.1 Å². The zero-order chi connectivity index (χ0) is 24.4. The molecular weight excluding hydrogens is 424 g/mol. The standard InChI is InChI=1S/C30H54O4/c1-3-5-9-21-27(25-17-11-7-12-18-25)33-29(31)23-15-16-24-30(32)34-28(22-10-6-4-2)26-19-13-8-14-20-26/h25-28H,3-24H2,1-2H3. The lowest BCUT2D eigenvalue weighted by molar-refractivity contribution is -0.155. The van der Waals surface area contributed by atoms with Gasteiger partial charge >= 0.3 is 11.9 Å². The molecule has 2 saturated carbocycles. The highest BCUT2D eigenvalue weighted by atomic mass is 16.5. The van der Waals surface area contributed by atoms with Crippen molar-refractivity contribution >= 4 is 11.9 Å². The number of esters is 2. The third kappa shape index (κ3) is 12.1. The Hall–Kier alpha value is -1.06. The molecule has 2 aliphatic rings. The highest BCUT2D eigenvalue weighted by molar-refractivity contribution is 5.70. The number of carbonyl (C=O) groups excluding carboxylic acids is 2. The van der Waals surface area contributed by atoms with E-state index < -0.39 is 0 Å². The summed E-state index contributed by atoms with van der Waals surface area (Å²) in [6.07, 6.45) is 24.2. The van der Waals surface area contributed by atoms with E-state index >= 15 is 0 Å². The van der Waals surface area contributed by atoms with Gasteiger partial charge in [-0.15, -0.1) is 0 Å². The first-order chi connectivity index (χ1) is 16.6. The van der Waals surface area contributed by atoms with Gasteiger partial charge in [0.1, 0.15) is 12.2 Å². The van der Waals surface area contributed by atoms with Crippen LogP contribution < -0.4 is 0 Å². The number of hydrogen-bond donors (Lipinski definition) is 0. The van der Waals surface area contributed by atoms with E-state index in [0.717, 1.165) is 25.7 Å². The maximum atomic E-state index is 12.6. The molecule has 0 aliphatic heterocycles. The summed E-state index contributed by atoms with van der Waals surface area (Å²) in [5.74, 6) is 0.961. The van der Waals surface area contributed by atoms with Crippen LogP contribution in [0.4, 0.5) is 0 Å². The van der Waals surface area contributed by atoms with Gasteiger partial charge in [0, 0.05) is 12.8 Å². The minimum absolute atomic E-state index is 0.0694. The van der Waals surface area contributed by atoms with Crippen molar-refractivity contribution in [1.82, 2.24) is 0 Å². The lowest BCUT2D eigenvalue weighted by atomic mass is 9.83. The fourth-order valence-corrected chi connectivity index (χ4v) is 5.98. The van der Waals surface area contributed by atoms with E-state index in [0.29, 0.717) is 37.5 Å². The second kappa shape index (κ2) is 18.2. The lowest BCUT2D eigenvalue weighted by Gasteiger charge is -2.30. The molecule has 0 N–H and O–H groups in total. The van der Waals surface area contributed by atoms with Crippen molar-refractivity contribution in [2.45, 2.75) is 167 Å². The zero-order valence-electron chi connectivity index (χ0n) is 22.5. The molecule has 2 fully saturated rings. The number of ether oxygens (including phenoxy) is 2. The Bertz CT molecular complexity index is 486. The molecule has 2 atom stereocenters. The van der Waals surface area contributed by atoms with Crippen LogP contribution in [0, 0.1) is 11.8 Å². The first-order valence-electron chi connectivity index (χ1n) is 15.0. The van der Waals surface area contributed by atoms with Crippen molar-refractivity contribution in [3.8, 4) is 0 Å². The van der Waals surface area contributed by atoms with Crippen molar-refractivity contribution < 1.29 is 19.1 Å². The molecule has 0 heterocycles. The second-order valence-electron chi connectivity index (χ2n) is 11.1. The Morgan fingerprint density at radius 3 is 1.32 bits per heavy atom. The molecule has 2 unspecified atom stereocenters. The molecular formula is C30H54O4. The van der Waals surface area contributed by atoms with Gasteiger partial charge in [-0.3, -0.25) is 9.59 Å². The smallest absolute Gasteiger partial charge is 0.306 e. The Balaban J connectivity index is 1.68. The first kappa shape index (κ1) is 29.2. The van der Waals surface area contributed by atoms with Gasteiger partial charge in [0.25, 0.3) is 0 Å². The van der Waals surface area contributed by atoms with Gasteiger partial charge in [0.2, 0.25) is 0 Å². The maximum Gasteiger partial charge on any atom is 0.306 e. The summed E-state index contributed by atoms with van der Waals surface area (Å²) >= 11 is 0. The molecule has 0 aromatic rings. The predicted octanol–water partition coefficient (Wildman–Crippen LogP) is 8.69. The average molecular weight is 479 g/mol. The minimum Gasteiger partial charge on any atom is -0.462 e. The zero-order valence-corrected chi connectivity index (χ0v) is 22.5. The van der Waals surface area contributed by atoms with Crippen LogP contribution in [0.3, 0.4) is 0 Å². The normalized spacial score (nSPS) is 19.5. The van der Waals surface area contributed by atoms with Crippen LogP contribution in [0.5, 0.6) is 0 Å². The fraction of sp³-hybridized carbons (Fsp3) is 0.933. The monoisotopic (exact) mass is 478 g/mol. The largest absolute Gasteiger partial charge is 0.462 e. The SMILES string of the molecule is CCCCCC(OC(=O)CCCCC(=O)OC(CCCCC)C1CCCCC1)C1CCCCC1. The highest BCUT2D eigenvalue weighted by Crippen LogP contribution is 2.32. The van der Waals surface area contributed by atoms with Crippen LogP contribution >= 0.6 is 0 Å². The van der Waals surface area contributed by atoms with Crippen molar-refractivity contribution in [1.29, 1.82) is 0 Å². The molecule has 0 aromatic heterocycles. The van der Waals surface area contributed by atoms with Crippen LogP contribution in [0.1, 0.15) is 155 Å². The quantitative estimate of drug-likeness (QED) is 0.155. The maximum absolute atomic E-state index is 12.6. The van der Waals surface area contributed by atoms with E-state index in [2.05, 4.69) is 13.8 Å². The van der Waals surface area contributed by atoms with E-state index in [1.165, 1.54) is 89.9 Å². The van der Waals surface area contributed by atoms with E-state index in [4.69, 9.17) is 9.47 Å². The van der Waals surface area contributed by atoms with Crippen molar-refractivity contribution in [2.75, 3.05) is 0 Å². The third-order valence-electron chi connectivity index (χ3n) is 8.11. The summed E-state index contributed by atoms with van der Waals surface area (Å²) in [4.78, 5) is 25.1. The van der Waals surface area contributed by atoms with Gasteiger partial charge in [-0.2, -0.15) is 0 Å². The van der Waals surface area contributed by atoms with Gasteiger partial charge < -0.3 is 9.47 Å². The number of hydrogen-bond acceptors (Lipinski definition) is 4. The fourth-order valence-electron chi connectivity index (χ4n) is 5.98. The molecule has 0 radical (unpaired) electrons.